The molecule has 0 aliphatic carbocycles. The quantitative estimate of drug-likeness (QED) is 0.481. The van der Waals surface area contributed by atoms with Crippen LogP contribution in [0.1, 0.15) is 16.1 Å². The van der Waals surface area contributed by atoms with Crippen LogP contribution in [-0.2, 0) is 0 Å². The molecule has 0 radical (unpaired) electrons. The van der Waals surface area contributed by atoms with Crippen molar-refractivity contribution < 1.29 is 14.8 Å². The van der Waals surface area contributed by atoms with Crippen LogP contribution in [0.2, 0.25) is 0 Å². The van der Waals surface area contributed by atoms with E-state index in [9.17, 15) is 20.0 Å². The van der Waals surface area contributed by atoms with E-state index in [4.69, 9.17) is 0 Å². The van der Waals surface area contributed by atoms with Crippen LogP contribution in [0.4, 0.5) is 11.4 Å². The topological polar surface area (TPSA) is 113 Å². The molecule has 32 heavy (non-hydrogen) atoms. The summed E-state index contributed by atoms with van der Waals surface area (Å²) in [6.45, 7) is 4.73. The molecule has 1 N–H and O–H groups in total. The standard InChI is InChI=1S/C23H23N5O4/c1-15-20(23(29)30)21(25-22(24-15)16-6-4-3-5-7-16)18-14-17(28(31)32)8-9-19(18)27-12-10-26(2)11-13-27/h3-9,14H,10-13H2,1-2H3,(H,29,30). The number of aromatic nitrogens is 2. The van der Waals surface area contributed by atoms with Gasteiger partial charge < -0.3 is 14.9 Å². The van der Waals surface area contributed by atoms with Gasteiger partial charge in [0.05, 0.1) is 16.3 Å². The molecule has 4 rings (SSSR count). The number of aryl methyl sites for hydroxylation is 1. The summed E-state index contributed by atoms with van der Waals surface area (Å²) >= 11 is 0. The van der Waals surface area contributed by atoms with E-state index < -0.39 is 10.9 Å². The molecule has 0 spiro atoms. The second kappa shape index (κ2) is 8.72. The molecule has 1 fully saturated rings. The van der Waals surface area contributed by atoms with E-state index in [2.05, 4.69) is 19.8 Å². The fourth-order valence-electron chi connectivity index (χ4n) is 3.89. The highest BCUT2D eigenvalue weighted by atomic mass is 16.6. The number of nitro benzene ring substituents is 1. The number of nitrogens with zero attached hydrogens (tertiary/aromatic N) is 5. The molecule has 0 atom stereocenters. The van der Waals surface area contributed by atoms with Crippen molar-refractivity contribution in [2.24, 2.45) is 0 Å². The van der Waals surface area contributed by atoms with Crippen molar-refractivity contribution in [3.8, 4) is 22.6 Å². The van der Waals surface area contributed by atoms with Gasteiger partial charge in [0, 0.05) is 55.1 Å². The average Bonchev–Trinajstić information content (AvgIpc) is 2.79. The Labute approximate surface area is 185 Å². The molecule has 1 aliphatic heterocycles. The van der Waals surface area contributed by atoms with Crippen LogP contribution in [0, 0.1) is 17.0 Å². The Morgan fingerprint density at radius 2 is 1.75 bits per heavy atom. The van der Waals surface area contributed by atoms with Gasteiger partial charge in [-0.1, -0.05) is 30.3 Å². The lowest BCUT2D eigenvalue weighted by Gasteiger charge is -2.35. The highest BCUT2D eigenvalue weighted by Gasteiger charge is 2.26. The maximum Gasteiger partial charge on any atom is 0.339 e. The number of anilines is 1. The van der Waals surface area contributed by atoms with Crippen molar-refractivity contribution in [2.75, 3.05) is 38.1 Å². The van der Waals surface area contributed by atoms with E-state index in [-0.39, 0.29) is 16.9 Å². The number of rotatable bonds is 5. The number of non-ortho nitro benzene ring substituents is 1. The summed E-state index contributed by atoms with van der Waals surface area (Å²) < 4.78 is 0. The number of aromatic carboxylic acids is 1. The molecule has 0 saturated carbocycles. The van der Waals surface area contributed by atoms with Gasteiger partial charge in [-0.25, -0.2) is 14.8 Å². The first kappa shape index (κ1) is 21.4. The third-order valence-corrected chi connectivity index (χ3v) is 5.63. The van der Waals surface area contributed by atoms with Crippen LogP contribution in [0.5, 0.6) is 0 Å². The number of benzene rings is 2. The first-order valence-electron chi connectivity index (χ1n) is 10.2. The summed E-state index contributed by atoms with van der Waals surface area (Å²) in [5, 5.41) is 21.5. The molecule has 1 aliphatic rings. The molecule has 3 aromatic rings. The van der Waals surface area contributed by atoms with E-state index >= 15 is 0 Å². The molecule has 0 bridgehead atoms. The van der Waals surface area contributed by atoms with E-state index in [1.165, 1.54) is 12.1 Å². The number of likely N-dealkylation sites (N-methyl/N-ethyl adjacent to an activating group) is 1. The monoisotopic (exact) mass is 433 g/mol. The van der Waals surface area contributed by atoms with Gasteiger partial charge >= 0.3 is 5.97 Å². The van der Waals surface area contributed by atoms with Gasteiger partial charge in [0.1, 0.15) is 5.56 Å². The molecule has 2 heterocycles. The Morgan fingerprint density at radius 1 is 1.06 bits per heavy atom. The van der Waals surface area contributed by atoms with Crippen molar-refractivity contribution in [2.45, 2.75) is 6.92 Å². The lowest BCUT2D eigenvalue weighted by Crippen LogP contribution is -2.44. The van der Waals surface area contributed by atoms with Crippen molar-refractivity contribution in [3.05, 3.63) is 69.9 Å². The van der Waals surface area contributed by atoms with E-state index in [0.717, 1.165) is 37.4 Å². The third kappa shape index (κ3) is 4.15. The molecule has 9 heteroatoms. The fourth-order valence-corrected chi connectivity index (χ4v) is 3.89. The second-order valence-electron chi connectivity index (χ2n) is 7.78. The Bertz CT molecular complexity index is 1170. The Hall–Kier alpha value is -3.85. The summed E-state index contributed by atoms with van der Waals surface area (Å²) in [5.74, 6) is -0.799. The van der Waals surface area contributed by atoms with Crippen LogP contribution in [0.15, 0.2) is 48.5 Å². The zero-order chi connectivity index (χ0) is 22.8. The minimum atomic E-state index is -1.17. The maximum atomic E-state index is 12.2. The zero-order valence-corrected chi connectivity index (χ0v) is 17.9. The predicted molar refractivity (Wildman–Crippen MR) is 121 cm³/mol. The normalized spacial score (nSPS) is 14.4. The average molecular weight is 433 g/mol. The van der Waals surface area contributed by atoms with Gasteiger partial charge in [0.2, 0.25) is 0 Å². The molecule has 1 aromatic heterocycles. The second-order valence-corrected chi connectivity index (χ2v) is 7.78. The van der Waals surface area contributed by atoms with Crippen LogP contribution in [-0.4, -0.2) is 64.1 Å². The van der Waals surface area contributed by atoms with Crippen LogP contribution in [0.3, 0.4) is 0 Å². The molecule has 0 amide bonds. The number of carboxylic acid groups (broad SMARTS) is 1. The molecule has 0 unspecified atom stereocenters. The maximum absolute atomic E-state index is 12.2. The van der Waals surface area contributed by atoms with Crippen molar-refractivity contribution in [1.29, 1.82) is 0 Å². The largest absolute Gasteiger partial charge is 0.478 e. The zero-order valence-electron chi connectivity index (χ0n) is 17.9. The molecule has 164 valence electrons. The first-order valence-corrected chi connectivity index (χ1v) is 10.2. The van der Waals surface area contributed by atoms with Crippen molar-refractivity contribution in [1.82, 2.24) is 14.9 Å². The Morgan fingerprint density at radius 3 is 2.38 bits per heavy atom. The number of hydrogen-bond acceptors (Lipinski definition) is 7. The summed E-state index contributed by atoms with van der Waals surface area (Å²) in [5.41, 5.74) is 2.19. The van der Waals surface area contributed by atoms with Crippen LogP contribution >= 0.6 is 0 Å². The van der Waals surface area contributed by atoms with Gasteiger partial charge in [-0.05, 0) is 20.0 Å². The predicted octanol–water partition coefficient (Wildman–Crippen LogP) is 3.48. The van der Waals surface area contributed by atoms with Crippen molar-refractivity contribution >= 4 is 17.3 Å². The number of hydrogen-bond donors (Lipinski definition) is 1. The first-order chi connectivity index (χ1) is 15.3. The SMILES string of the molecule is Cc1nc(-c2ccccc2)nc(-c2cc([N+](=O)[O-])ccc2N2CCN(C)CC2)c1C(=O)O. The minimum absolute atomic E-state index is 0.0550. The van der Waals surface area contributed by atoms with E-state index in [1.807, 2.05) is 37.4 Å². The van der Waals surface area contributed by atoms with Gasteiger partial charge in [0.25, 0.3) is 5.69 Å². The molecular formula is C23H23N5O4. The van der Waals surface area contributed by atoms with Crippen molar-refractivity contribution in [3.63, 3.8) is 0 Å². The molecular weight excluding hydrogens is 410 g/mol. The summed E-state index contributed by atoms with van der Waals surface area (Å²) in [6, 6.07) is 13.8. The van der Waals surface area contributed by atoms with Gasteiger partial charge in [-0.15, -0.1) is 0 Å². The number of carboxylic acids is 1. The molecule has 9 nitrogen and oxygen atoms in total. The van der Waals surface area contributed by atoms with Gasteiger partial charge in [-0.3, -0.25) is 10.1 Å². The Kier molecular flexibility index (Phi) is 5.83. The van der Waals surface area contributed by atoms with Gasteiger partial charge in [-0.2, -0.15) is 0 Å². The number of piperazine rings is 1. The summed E-state index contributed by atoms with van der Waals surface area (Å²) in [4.78, 5) is 36.6. The smallest absolute Gasteiger partial charge is 0.339 e. The summed E-state index contributed by atoms with van der Waals surface area (Å²) in [6.07, 6.45) is 0. The Balaban J connectivity index is 1.96. The summed E-state index contributed by atoms with van der Waals surface area (Å²) in [7, 11) is 2.04. The van der Waals surface area contributed by atoms with E-state index in [0.29, 0.717) is 17.1 Å². The lowest BCUT2D eigenvalue weighted by atomic mass is 10.00. The number of nitro groups is 1. The molecule has 2 aromatic carbocycles. The number of carbonyl (C=O) groups is 1. The third-order valence-electron chi connectivity index (χ3n) is 5.63. The fraction of sp³-hybridized carbons (Fsp3) is 0.261. The highest BCUT2D eigenvalue weighted by Crippen LogP contribution is 2.37. The van der Waals surface area contributed by atoms with Crippen LogP contribution < -0.4 is 4.90 Å². The minimum Gasteiger partial charge on any atom is -0.478 e. The van der Waals surface area contributed by atoms with Crippen LogP contribution in [0.25, 0.3) is 22.6 Å². The lowest BCUT2D eigenvalue weighted by molar-refractivity contribution is -0.384. The highest BCUT2D eigenvalue weighted by molar-refractivity contribution is 5.98. The van der Waals surface area contributed by atoms with E-state index in [1.54, 1.807) is 13.0 Å². The molecule has 1 saturated heterocycles. The van der Waals surface area contributed by atoms with Gasteiger partial charge in [0.15, 0.2) is 5.82 Å².